The Hall–Kier alpha value is -1.29. The van der Waals surface area contributed by atoms with Crippen molar-refractivity contribution in [1.29, 1.82) is 0 Å². The zero-order chi connectivity index (χ0) is 11.3. The van der Waals surface area contributed by atoms with Crippen LogP contribution in [0.25, 0.3) is 0 Å². The van der Waals surface area contributed by atoms with Crippen molar-refractivity contribution in [2.24, 2.45) is 0 Å². The molecule has 0 fully saturated rings. The summed E-state index contributed by atoms with van der Waals surface area (Å²) < 4.78 is 16.8. The molecule has 0 radical (unpaired) electrons. The molecule has 0 aliphatic carbocycles. The second-order valence-corrected chi connectivity index (χ2v) is 5.67. The molecule has 15 heavy (non-hydrogen) atoms. The third kappa shape index (κ3) is 3.75. The van der Waals surface area contributed by atoms with E-state index >= 15 is 0 Å². The van der Waals surface area contributed by atoms with Crippen LogP contribution >= 0.6 is 0 Å². The van der Waals surface area contributed by atoms with Gasteiger partial charge < -0.3 is 4.74 Å². The van der Waals surface area contributed by atoms with Crippen LogP contribution in [0.5, 0.6) is 0 Å². The zero-order valence-electron chi connectivity index (χ0n) is 8.64. The summed E-state index contributed by atoms with van der Waals surface area (Å²) in [4.78, 5) is 11.2. The second kappa shape index (κ2) is 4.98. The first-order chi connectivity index (χ1) is 7.02. The van der Waals surface area contributed by atoms with Crippen molar-refractivity contribution in [3.05, 3.63) is 30.3 Å². The standard InChI is InChI=1S/C11H14O3S/c1-10(12)14-8-9-15(2,13)11-6-4-3-5-7-11/h3-7H,2,8-9H2,1H3. The van der Waals surface area contributed by atoms with Gasteiger partial charge in [0.1, 0.15) is 6.61 Å². The smallest absolute Gasteiger partial charge is 0.302 e. The van der Waals surface area contributed by atoms with Gasteiger partial charge in [-0.25, -0.2) is 0 Å². The first-order valence-corrected chi connectivity index (χ1v) is 6.45. The fraction of sp³-hybridized carbons (Fsp3) is 0.273. The molecule has 0 aliphatic rings. The van der Waals surface area contributed by atoms with Gasteiger partial charge >= 0.3 is 5.97 Å². The van der Waals surface area contributed by atoms with Gasteiger partial charge in [-0.2, -0.15) is 0 Å². The highest BCUT2D eigenvalue weighted by Gasteiger charge is 2.07. The molecule has 4 heteroatoms. The molecule has 0 N–H and O–H groups in total. The Balaban J connectivity index is 2.65. The summed E-state index contributed by atoms with van der Waals surface area (Å²) in [6.07, 6.45) is 0. The summed E-state index contributed by atoms with van der Waals surface area (Å²) in [5.41, 5.74) is 0. The minimum atomic E-state index is -2.33. The fourth-order valence-corrected chi connectivity index (χ4v) is 2.35. The van der Waals surface area contributed by atoms with Crippen molar-refractivity contribution in [3.8, 4) is 0 Å². The first-order valence-electron chi connectivity index (χ1n) is 4.56. The summed E-state index contributed by atoms with van der Waals surface area (Å²) in [6, 6.07) is 9.01. The summed E-state index contributed by atoms with van der Waals surface area (Å²) in [5, 5.41) is 0. The van der Waals surface area contributed by atoms with Gasteiger partial charge in [-0.1, -0.05) is 18.2 Å². The lowest BCUT2D eigenvalue weighted by atomic mass is 10.4. The normalized spacial score (nSPS) is 14.2. The van der Waals surface area contributed by atoms with Crippen molar-refractivity contribution in [2.45, 2.75) is 11.8 Å². The van der Waals surface area contributed by atoms with E-state index < -0.39 is 9.52 Å². The van der Waals surface area contributed by atoms with Crippen LogP contribution in [-0.2, 0) is 19.1 Å². The van der Waals surface area contributed by atoms with Crippen LogP contribution in [0.3, 0.4) is 0 Å². The van der Waals surface area contributed by atoms with Gasteiger partial charge in [-0.05, 0) is 27.5 Å². The Kier molecular flexibility index (Phi) is 3.91. The van der Waals surface area contributed by atoms with E-state index in [1.165, 1.54) is 6.92 Å². The lowest BCUT2D eigenvalue weighted by Crippen LogP contribution is -2.13. The van der Waals surface area contributed by atoms with E-state index in [9.17, 15) is 9.00 Å². The molecule has 0 aliphatic heterocycles. The number of hydrogen-bond acceptors (Lipinski definition) is 3. The largest absolute Gasteiger partial charge is 0.465 e. The Labute approximate surface area is 90.1 Å². The number of carbonyl (C=O) groups is 1. The minimum absolute atomic E-state index is 0.145. The Morgan fingerprint density at radius 1 is 1.40 bits per heavy atom. The highest BCUT2D eigenvalue weighted by atomic mass is 32.2. The monoisotopic (exact) mass is 226 g/mol. The molecule has 0 spiro atoms. The van der Waals surface area contributed by atoms with Crippen LogP contribution in [-0.4, -0.2) is 28.4 Å². The van der Waals surface area contributed by atoms with Gasteiger partial charge in [0.05, 0.1) is 5.75 Å². The summed E-state index contributed by atoms with van der Waals surface area (Å²) in [5.74, 6) is 3.57. The van der Waals surface area contributed by atoms with Crippen molar-refractivity contribution >= 4 is 21.4 Å². The van der Waals surface area contributed by atoms with E-state index in [2.05, 4.69) is 5.87 Å². The predicted molar refractivity (Wildman–Crippen MR) is 61.5 cm³/mol. The number of benzene rings is 1. The molecule has 1 aromatic carbocycles. The molecule has 1 aromatic rings. The minimum Gasteiger partial charge on any atom is -0.465 e. The van der Waals surface area contributed by atoms with Gasteiger partial charge in [0.25, 0.3) is 0 Å². The molecule has 3 nitrogen and oxygen atoms in total. The van der Waals surface area contributed by atoms with Crippen molar-refractivity contribution in [1.82, 2.24) is 0 Å². The third-order valence-corrected chi connectivity index (χ3v) is 3.85. The van der Waals surface area contributed by atoms with Crippen LogP contribution in [0.4, 0.5) is 0 Å². The maximum Gasteiger partial charge on any atom is 0.302 e. The lowest BCUT2D eigenvalue weighted by molar-refractivity contribution is -0.140. The molecular weight excluding hydrogens is 212 g/mol. The fourth-order valence-electron chi connectivity index (χ4n) is 1.11. The average molecular weight is 226 g/mol. The third-order valence-electron chi connectivity index (χ3n) is 1.89. The van der Waals surface area contributed by atoms with Crippen molar-refractivity contribution in [3.63, 3.8) is 0 Å². The van der Waals surface area contributed by atoms with E-state index in [1.54, 1.807) is 12.1 Å². The molecule has 0 bridgehead atoms. The number of esters is 1. The van der Waals surface area contributed by atoms with Gasteiger partial charge in [0, 0.05) is 11.8 Å². The molecule has 1 rings (SSSR count). The Morgan fingerprint density at radius 2 is 2.00 bits per heavy atom. The predicted octanol–water partition coefficient (Wildman–Crippen LogP) is 1.32. The van der Waals surface area contributed by atoms with Crippen molar-refractivity contribution in [2.75, 3.05) is 12.4 Å². The van der Waals surface area contributed by atoms with E-state index in [0.29, 0.717) is 4.90 Å². The van der Waals surface area contributed by atoms with Gasteiger partial charge in [0.15, 0.2) is 0 Å². The molecule has 0 saturated carbocycles. The number of rotatable bonds is 4. The van der Waals surface area contributed by atoms with Crippen LogP contribution in [0.2, 0.25) is 0 Å². The number of hydrogen-bond donors (Lipinski definition) is 0. The lowest BCUT2D eigenvalue weighted by Gasteiger charge is -2.08. The number of carbonyl (C=O) groups excluding carboxylic acids is 1. The van der Waals surface area contributed by atoms with Crippen LogP contribution in [0, 0.1) is 0 Å². The molecule has 1 atom stereocenters. The molecule has 0 amide bonds. The van der Waals surface area contributed by atoms with Gasteiger partial charge in [-0.15, -0.1) is 0 Å². The Bertz CT molecular complexity index is 420. The first kappa shape index (κ1) is 11.8. The number of ether oxygens (including phenoxy) is 1. The van der Waals surface area contributed by atoms with Crippen LogP contribution < -0.4 is 0 Å². The molecular formula is C11H14O3S. The summed E-state index contributed by atoms with van der Waals surface area (Å²) >= 11 is 0. The summed E-state index contributed by atoms with van der Waals surface area (Å²) in [6.45, 7) is 1.47. The quantitative estimate of drug-likeness (QED) is 0.574. The molecule has 0 heterocycles. The van der Waals surface area contributed by atoms with E-state index in [0.717, 1.165) is 0 Å². The maximum atomic E-state index is 12.1. The van der Waals surface area contributed by atoms with E-state index in [1.807, 2.05) is 18.2 Å². The van der Waals surface area contributed by atoms with Crippen LogP contribution in [0.15, 0.2) is 35.2 Å². The van der Waals surface area contributed by atoms with Crippen molar-refractivity contribution < 1.29 is 13.7 Å². The second-order valence-electron chi connectivity index (χ2n) is 3.17. The highest BCUT2D eigenvalue weighted by molar-refractivity contribution is 8.00. The van der Waals surface area contributed by atoms with Gasteiger partial charge in [0.2, 0.25) is 0 Å². The topological polar surface area (TPSA) is 43.4 Å². The SMILES string of the molecule is C=S(=O)(CCOC(C)=O)c1ccccc1. The molecule has 0 aromatic heterocycles. The highest BCUT2D eigenvalue weighted by Crippen LogP contribution is 2.09. The molecule has 1 unspecified atom stereocenters. The van der Waals surface area contributed by atoms with Gasteiger partial charge in [-0.3, -0.25) is 9.00 Å². The molecule has 0 saturated heterocycles. The Morgan fingerprint density at radius 3 is 2.53 bits per heavy atom. The van der Waals surface area contributed by atoms with E-state index in [4.69, 9.17) is 4.74 Å². The summed E-state index contributed by atoms with van der Waals surface area (Å²) in [7, 11) is -2.33. The average Bonchev–Trinajstić information content (AvgIpc) is 2.18. The zero-order valence-corrected chi connectivity index (χ0v) is 9.46. The maximum absolute atomic E-state index is 12.1. The molecule has 82 valence electrons. The van der Waals surface area contributed by atoms with Crippen LogP contribution in [0.1, 0.15) is 6.92 Å². The van der Waals surface area contributed by atoms with E-state index in [-0.39, 0.29) is 18.3 Å².